The van der Waals surface area contributed by atoms with E-state index in [4.69, 9.17) is 4.74 Å². The van der Waals surface area contributed by atoms with Crippen LogP contribution < -0.4 is 9.64 Å². The van der Waals surface area contributed by atoms with Crippen molar-refractivity contribution in [2.75, 3.05) is 18.0 Å². The Labute approximate surface area is 202 Å². The zero-order chi connectivity index (χ0) is 25.2. The monoisotopic (exact) mass is 484 g/mol. The Morgan fingerprint density at radius 3 is 2.34 bits per heavy atom. The second kappa shape index (κ2) is 10.1. The number of halogens is 3. The number of alkyl halides is 3. The lowest BCUT2D eigenvalue weighted by atomic mass is 9.93. The summed E-state index contributed by atoms with van der Waals surface area (Å²) in [6.45, 7) is 7.45. The number of benzene rings is 2. The summed E-state index contributed by atoms with van der Waals surface area (Å²) in [5.41, 5.74) is 3.62. The first-order chi connectivity index (χ1) is 16.6. The fourth-order valence-electron chi connectivity index (χ4n) is 4.44. The molecule has 0 radical (unpaired) electrons. The van der Waals surface area contributed by atoms with E-state index >= 15 is 0 Å². The number of rotatable bonds is 6. The van der Waals surface area contributed by atoms with Gasteiger partial charge in [0.05, 0.1) is 12.2 Å². The number of ether oxygens (including phenoxy) is 2. The first-order valence-corrected chi connectivity index (χ1v) is 11.4. The van der Waals surface area contributed by atoms with Crippen LogP contribution in [0.15, 0.2) is 60.8 Å². The van der Waals surface area contributed by atoms with Gasteiger partial charge in [-0.05, 0) is 61.2 Å². The van der Waals surface area contributed by atoms with Crippen molar-refractivity contribution in [2.45, 2.75) is 45.8 Å². The fourth-order valence-corrected chi connectivity index (χ4v) is 4.44. The number of Topliss-reactive ketones (excluding diaryl/α,β-unsaturated/α-hetero) is 1. The topological polar surface area (TPSA) is 51.7 Å². The van der Waals surface area contributed by atoms with E-state index in [0.29, 0.717) is 11.1 Å². The minimum absolute atomic E-state index is 0.0514. The van der Waals surface area contributed by atoms with E-state index < -0.39 is 6.36 Å². The van der Waals surface area contributed by atoms with Crippen LogP contribution in [0.5, 0.6) is 5.75 Å². The first kappa shape index (κ1) is 24.7. The van der Waals surface area contributed by atoms with Crippen molar-refractivity contribution >= 4 is 11.6 Å². The van der Waals surface area contributed by atoms with Crippen LogP contribution in [0.25, 0.3) is 11.1 Å². The van der Waals surface area contributed by atoms with Crippen LogP contribution in [0.2, 0.25) is 0 Å². The number of hydrogen-bond donors (Lipinski definition) is 0. The van der Waals surface area contributed by atoms with Crippen LogP contribution in [-0.4, -0.2) is 42.4 Å². The maximum atomic E-state index is 13.1. The lowest BCUT2D eigenvalue weighted by molar-refractivity contribution is -0.274. The molecule has 2 heterocycles. The van der Waals surface area contributed by atoms with Crippen LogP contribution in [-0.2, 0) is 11.2 Å². The Balaban J connectivity index is 1.47. The van der Waals surface area contributed by atoms with E-state index in [9.17, 15) is 18.0 Å². The number of hydrogen-bond acceptors (Lipinski definition) is 5. The highest BCUT2D eigenvalue weighted by atomic mass is 19.4. The number of nitrogens with zero attached hydrogens (tertiary/aromatic N) is 2. The fraction of sp³-hybridized carbons (Fsp3) is 0.333. The maximum absolute atomic E-state index is 13.1. The Bertz CT molecular complexity index is 1170. The van der Waals surface area contributed by atoms with E-state index in [0.717, 1.165) is 35.6 Å². The molecule has 0 unspecified atom stereocenters. The molecule has 1 fully saturated rings. The summed E-state index contributed by atoms with van der Waals surface area (Å²) in [7, 11) is 0. The molecule has 3 aromatic rings. The van der Waals surface area contributed by atoms with Crippen molar-refractivity contribution < 1.29 is 27.4 Å². The van der Waals surface area contributed by atoms with Gasteiger partial charge < -0.3 is 14.4 Å². The second-order valence-electron chi connectivity index (χ2n) is 8.84. The number of aromatic nitrogens is 1. The third-order valence-corrected chi connectivity index (χ3v) is 5.95. The Kier molecular flexibility index (Phi) is 7.12. The third kappa shape index (κ3) is 6.19. The van der Waals surface area contributed by atoms with Crippen LogP contribution in [0.4, 0.5) is 19.0 Å². The summed E-state index contributed by atoms with van der Waals surface area (Å²) >= 11 is 0. The molecular weight excluding hydrogens is 457 g/mol. The SMILES string of the molecule is Cc1c(C(=O)Cc2ccc(N3C[C@@H](C)O[C@@H](C)C3)nc2)cccc1-c1ccc(OC(F)(F)F)cc1. The molecule has 1 saturated heterocycles. The highest BCUT2D eigenvalue weighted by molar-refractivity contribution is 6.00. The molecule has 1 aromatic heterocycles. The standard InChI is InChI=1S/C27H27F3N2O3/c1-17-15-32(16-18(2)34-17)26-12-7-20(14-31-26)13-25(33)24-6-4-5-23(19(24)3)21-8-10-22(11-9-21)35-27(28,29)30/h4-12,14,17-18H,13,15-16H2,1-3H3/t17-,18+. The quantitative estimate of drug-likeness (QED) is 0.402. The highest BCUT2D eigenvalue weighted by Gasteiger charge is 2.31. The predicted octanol–water partition coefficient (Wildman–Crippen LogP) is 5.99. The van der Waals surface area contributed by atoms with Gasteiger partial charge in [-0.15, -0.1) is 13.2 Å². The lowest BCUT2D eigenvalue weighted by Gasteiger charge is -2.36. The van der Waals surface area contributed by atoms with Crippen molar-refractivity contribution in [3.8, 4) is 16.9 Å². The van der Waals surface area contributed by atoms with E-state index in [-0.39, 0.29) is 30.2 Å². The zero-order valence-corrected chi connectivity index (χ0v) is 19.8. The number of pyridine rings is 1. The average molecular weight is 485 g/mol. The normalized spacial score (nSPS) is 18.4. The van der Waals surface area contributed by atoms with Gasteiger partial charge in [-0.25, -0.2) is 4.98 Å². The first-order valence-electron chi connectivity index (χ1n) is 11.4. The Morgan fingerprint density at radius 1 is 1.06 bits per heavy atom. The van der Waals surface area contributed by atoms with Gasteiger partial charge in [0.1, 0.15) is 11.6 Å². The molecular formula is C27H27F3N2O3. The molecule has 0 aliphatic carbocycles. The van der Waals surface area contributed by atoms with Gasteiger partial charge in [0.15, 0.2) is 5.78 Å². The minimum atomic E-state index is -4.74. The number of anilines is 1. The molecule has 4 rings (SSSR count). The van der Waals surface area contributed by atoms with Crippen molar-refractivity contribution in [3.05, 3.63) is 77.5 Å². The van der Waals surface area contributed by atoms with Crippen molar-refractivity contribution in [3.63, 3.8) is 0 Å². The third-order valence-electron chi connectivity index (χ3n) is 5.95. The molecule has 0 N–H and O–H groups in total. The summed E-state index contributed by atoms with van der Waals surface area (Å²) in [5, 5.41) is 0. The highest BCUT2D eigenvalue weighted by Crippen LogP contribution is 2.30. The molecule has 2 aromatic carbocycles. The van der Waals surface area contributed by atoms with E-state index in [1.165, 1.54) is 12.1 Å². The Hall–Kier alpha value is -3.39. The molecule has 184 valence electrons. The molecule has 1 aliphatic rings. The minimum Gasteiger partial charge on any atom is -0.406 e. The number of ketones is 1. The number of carbonyl (C=O) groups is 1. The molecule has 2 atom stereocenters. The second-order valence-corrected chi connectivity index (χ2v) is 8.84. The van der Waals surface area contributed by atoms with E-state index in [1.807, 2.05) is 39.0 Å². The Morgan fingerprint density at radius 2 is 1.74 bits per heavy atom. The molecule has 0 amide bonds. The van der Waals surface area contributed by atoms with Crippen molar-refractivity contribution in [1.82, 2.24) is 4.98 Å². The molecule has 5 nitrogen and oxygen atoms in total. The van der Waals surface area contributed by atoms with Gasteiger partial charge in [0.25, 0.3) is 0 Å². The molecule has 0 saturated carbocycles. The molecule has 0 spiro atoms. The van der Waals surface area contributed by atoms with Crippen molar-refractivity contribution in [1.29, 1.82) is 0 Å². The van der Waals surface area contributed by atoms with E-state index in [1.54, 1.807) is 30.5 Å². The van der Waals surface area contributed by atoms with E-state index in [2.05, 4.69) is 14.6 Å². The van der Waals surface area contributed by atoms with Gasteiger partial charge in [-0.1, -0.05) is 36.4 Å². The summed E-state index contributed by atoms with van der Waals surface area (Å²) in [4.78, 5) is 19.9. The molecule has 0 bridgehead atoms. The van der Waals surface area contributed by atoms with Gasteiger partial charge in [-0.3, -0.25) is 4.79 Å². The summed E-state index contributed by atoms with van der Waals surface area (Å²) in [6.07, 6.45) is -2.55. The van der Waals surface area contributed by atoms with Gasteiger partial charge >= 0.3 is 6.36 Å². The van der Waals surface area contributed by atoms with Crippen LogP contribution in [0, 0.1) is 6.92 Å². The maximum Gasteiger partial charge on any atom is 0.573 e. The smallest absolute Gasteiger partial charge is 0.406 e. The van der Waals surface area contributed by atoms with Gasteiger partial charge in [0.2, 0.25) is 0 Å². The zero-order valence-electron chi connectivity index (χ0n) is 19.8. The van der Waals surface area contributed by atoms with Gasteiger partial charge in [-0.2, -0.15) is 0 Å². The largest absolute Gasteiger partial charge is 0.573 e. The van der Waals surface area contributed by atoms with Crippen LogP contribution in [0.3, 0.4) is 0 Å². The predicted molar refractivity (Wildman–Crippen MR) is 128 cm³/mol. The lowest BCUT2D eigenvalue weighted by Crippen LogP contribution is -2.45. The summed E-state index contributed by atoms with van der Waals surface area (Å²) in [6, 6.07) is 14.9. The molecule has 1 aliphatic heterocycles. The van der Waals surface area contributed by atoms with Crippen LogP contribution >= 0.6 is 0 Å². The van der Waals surface area contributed by atoms with Crippen LogP contribution in [0.1, 0.15) is 35.3 Å². The molecule has 35 heavy (non-hydrogen) atoms. The average Bonchev–Trinajstić information content (AvgIpc) is 2.79. The number of morpholine rings is 1. The number of carbonyl (C=O) groups excluding carboxylic acids is 1. The molecule has 8 heteroatoms. The summed E-state index contributed by atoms with van der Waals surface area (Å²) in [5.74, 6) is 0.520. The van der Waals surface area contributed by atoms with Crippen molar-refractivity contribution in [2.24, 2.45) is 0 Å². The van der Waals surface area contributed by atoms with Gasteiger partial charge in [0, 0.05) is 31.3 Å². The summed E-state index contributed by atoms with van der Waals surface area (Å²) < 4.78 is 47.0.